The van der Waals surface area contributed by atoms with Crippen molar-refractivity contribution in [1.29, 1.82) is 0 Å². The van der Waals surface area contributed by atoms with E-state index >= 15 is 0 Å². The largest absolute Gasteiger partial charge is 0.489 e. The number of carbonyl (C=O) groups is 1. The second-order valence-electron chi connectivity index (χ2n) is 8.01. The van der Waals surface area contributed by atoms with Crippen molar-refractivity contribution in [3.63, 3.8) is 0 Å². The number of nitrogens with one attached hydrogen (secondary N) is 1. The average Bonchev–Trinajstić information content (AvgIpc) is 3.36. The van der Waals surface area contributed by atoms with Crippen molar-refractivity contribution in [2.45, 2.75) is 31.7 Å². The van der Waals surface area contributed by atoms with Gasteiger partial charge in [-0.2, -0.15) is 5.10 Å². The summed E-state index contributed by atoms with van der Waals surface area (Å²) in [5.41, 5.74) is 5.13. The minimum atomic E-state index is -0.209. The van der Waals surface area contributed by atoms with E-state index < -0.39 is 0 Å². The summed E-state index contributed by atoms with van der Waals surface area (Å²) < 4.78 is 7.70. The van der Waals surface area contributed by atoms with Gasteiger partial charge in [0.15, 0.2) is 5.75 Å². The van der Waals surface area contributed by atoms with Crippen LogP contribution in [0, 0.1) is 6.92 Å². The predicted molar refractivity (Wildman–Crippen MR) is 110 cm³/mol. The standard InChI is InChI=1S/C22H21ClN4O2/c1-13-15(7-14-3-4-18(24-9-14)16-10-25-27(2)11-16)8-17-20(19(13)23)29-12-22(5-6-22)26-21(17)28/h3-4,8-11H,5-7,12H2,1-2H3,(H,26,28). The molecule has 7 heteroatoms. The van der Waals surface area contributed by atoms with E-state index in [1.54, 1.807) is 10.9 Å². The molecule has 1 aliphatic carbocycles. The van der Waals surface area contributed by atoms with E-state index in [-0.39, 0.29) is 11.4 Å². The number of carbonyl (C=O) groups excluding carboxylic acids is 1. The molecule has 2 aromatic heterocycles. The van der Waals surface area contributed by atoms with Crippen LogP contribution >= 0.6 is 11.6 Å². The topological polar surface area (TPSA) is 69.0 Å². The summed E-state index contributed by atoms with van der Waals surface area (Å²) in [6.07, 6.45) is 8.12. The maximum Gasteiger partial charge on any atom is 0.255 e. The fourth-order valence-electron chi connectivity index (χ4n) is 3.72. The van der Waals surface area contributed by atoms with Crippen molar-refractivity contribution in [1.82, 2.24) is 20.1 Å². The molecule has 2 aliphatic rings. The van der Waals surface area contributed by atoms with Crippen LogP contribution in [0.2, 0.25) is 5.02 Å². The van der Waals surface area contributed by atoms with Crippen LogP contribution in [0.4, 0.5) is 0 Å². The van der Waals surface area contributed by atoms with Gasteiger partial charge in [-0.1, -0.05) is 17.7 Å². The molecule has 1 saturated carbocycles. The Morgan fingerprint density at radius 3 is 2.79 bits per heavy atom. The van der Waals surface area contributed by atoms with Crippen LogP contribution in [0.25, 0.3) is 11.3 Å². The lowest BCUT2D eigenvalue weighted by Crippen LogP contribution is -2.38. The number of fused-ring (bicyclic) bond motifs is 1. The summed E-state index contributed by atoms with van der Waals surface area (Å²) in [6.45, 7) is 2.44. The van der Waals surface area contributed by atoms with E-state index in [0.717, 1.165) is 40.8 Å². The van der Waals surface area contributed by atoms with Gasteiger partial charge in [0.2, 0.25) is 0 Å². The Labute approximate surface area is 173 Å². The van der Waals surface area contributed by atoms with Gasteiger partial charge in [-0.15, -0.1) is 0 Å². The lowest BCUT2D eigenvalue weighted by atomic mass is 9.97. The number of aromatic nitrogens is 3. The Hall–Kier alpha value is -2.86. The molecule has 1 aliphatic heterocycles. The van der Waals surface area contributed by atoms with Crippen molar-refractivity contribution >= 4 is 17.5 Å². The highest BCUT2D eigenvalue weighted by Crippen LogP contribution is 2.42. The predicted octanol–water partition coefficient (Wildman–Crippen LogP) is 3.69. The minimum Gasteiger partial charge on any atom is -0.489 e. The van der Waals surface area contributed by atoms with E-state index in [1.807, 2.05) is 44.6 Å². The number of hydrogen-bond donors (Lipinski definition) is 1. The second kappa shape index (κ2) is 6.59. The molecule has 0 radical (unpaired) electrons. The Morgan fingerprint density at radius 2 is 2.14 bits per heavy atom. The molecule has 3 aromatic rings. The van der Waals surface area contributed by atoms with Gasteiger partial charge in [0, 0.05) is 25.0 Å². The fraction of sp³-hybridized carbons (Fsp3) is 0.318. The van der Waals surface area contributed by atoms with Crippen LogP contribution in [0.1, 0.15) is 39.9 Å². The zero-order valence-electron chi connectivity index (χ0n) is 16.3. The molecule has 0 saturated heterocycles. The highest BCUT2D eigenvalue weighted by Gasteiger charge is 2.47. The first-order valence-corrected chi connectivity index (χ1v) is 10.0. The lowest BCUT2D eigenvalue weighted by Gasteiger charge is -2.15. The Morgan fingerprint density at radius 1 is 1.31 bits per heavy atom. The van der Waals surface area contributed by atoms with Crippen LogP contribution in [0.5, 0.6) is 5.75 Å². The fourth-order valence-corrected chi connectivity index (χ4v) is 4.00. The first-order valence-electron chi connectivity index (χ1n) is 9.65. The summed E-state index contributed by atoms with van der Waals surface area (Å²) in [4.78, 5) is 17.3. The summed E-state index contributed by atoms with van der Waals surface area (Å²) in [7, 11) is 1.88. The Kier molecular flexibility index (Phi) is 4.13. The molecular formula is C22H21ClN4O2. The van der Waals surface area contributed by atoms with E-state index in [1.165, 1.54) is 0 Å². The number of halogens is 1. The molecule has 1 aromatic carbocycles. The van der Waals surface area contributed by atoms with E-state index in [0.29, 0.717) is 29.4 Å². The molecule has 29 heavy (non-hydrogen) atoms. The maximum atomic E-state index is 12.8. The smallest absolute Gasteiger partial charge is 0.255 e. The number of ether oxygens (including phenoxy) is 1. The summed E-state index contributed by atoms with van der Waals surface area (Å²) in [5, 5.41) is 7.81. The minimum absolute atomic E-state index is 0.108. The van der Waals surface area contributed by atoms with E-state index in [9.17, 15) is 4.79 Å². The molecule has 1 spiro atoms. The van der Waals surface area contributed by atoms with Crippen molar-refractivity contribution in [3.05, 3.63) is 64.1 Å². The third-order valence-electron chi connectivity index (χ3n) is 5.76. The number of rotatable bonds is 3. The van der Waals surface area contributed by atoms with Gasteiger partial charge in [-0.3, -0.25) is 14.5 Å². The number of nitrogens with zero attached hydrogens (tertiary/aromatic N) is 3. The number of hydrogen-bond acceptors (Lipinski definition) is 4. The third-order valence-corrected chi connectivity index (χ3v) is 6.22. The first-order chi connectivity index (χ1) is 13.9. The van der Waals surface area contributed by atoms with Crippen molar-refractivity contribution in [2.24, 2.45) is 7.05 Å². The number of aryl methyl sites for hydroxylation is 1. The maximum absolute atomic E-state index is 12.8. The van der Waals surface area contributed by atoms with E-state index in [4.69, 9.17) is 16.3 Å². The summed E-state index contributed by atoms with van der Waals surface area (Å²) in [5.74, 6) is 0.391. The van der Waals surface area contributed by atoms with Crippen LogP contribution in [0.3, 0.4) is 0 Å². The Balaban J connectivity index is 1.44. The molecule has 1 fully saturated rings. The van der Waals surface area contributed by atoms with E-state index in [2.05, 4.69) is 15.4 Å². The molecule has 0 unspecified atom stereocenters. The van der Waals surface area contributed by atoms with Gasteiger partial charge < -0.3 is 10.1 Å². The quantitative estimate of drug-likeness (QED) is 0.717. The van der Waals surface area contributed by atoms with Gasteiger partial charge in [-0.25, -0.2) is 0 Å². The highest BCUT2D eigenvalue weighted by atomic mass is 35.5. The highest BCUT2D eigenvalue weighted by molar-refractivity contribution is 6.33. The van der Waals surface area contributed by atoms with Crippen LogP contribution in [0.15, 0.2) is 36.8 Å². The average molecular weight is 409 g/mol. The molecular weight excluding hydrogens is 388 g/mol. The van der Waals surface area contributed by atoms with Gasteiger partial charge in [0.1, 0.15) is 6.61 Å². The van der Waals surface area contributed by atoms with Crippen molar-refractivity contribution in [2.75, 3.05) is 6.61 Å². The summed E-state index contributed by atoms with van der Waals surface area (Å²) in [6, 6.07) is 5.94. The molecule has 1 N–H and O–H groups in total. The zero-order chi connectivity index (χ0) is 20.2. The van der Waals surface area contributed by atoms with Crippen molar-refractivity contribution < 1.29 is 9.53 Å². The first kappa shape index (κ1) is 18.2. The molecule has 148 valence electrons. The van der Waals surface area contributed by atoms with Gasteiger partial charge in [0.05, 0.1) is 28.0 Å². The van der Waals surface area contributed by atoms with Gasteiger partial charge >= 0.3 is 0 Å². The normalized spacial score (nSPS) is 16.7. The van der Waals surface area contributed by atoms with Crippen LogP contribution in [-0.4, -0.2) is 32.8 Å². The van der Waals surface area contributed by atoms with Crippen LogP contribution in [-0.2, 0) is 13.5 Å². The lowest BCUT2D eigenvalue weighted by molar-refractivity contribution is 0.0932. The monoisotopic (exact) mass is 408 g/mol. The van der Waals surface area contributed by atoms with Crippen molar-refractivity contribution in [3.8, 4) is 17.0 Å². The number of amides is 1. The van der Waals surface area contributed by atoms with Crippen LogP contribution < -0.4 is 10.1 Å². The molecule has 1 amide bonds. The molecule has 0 bridgehead atoms. The van der Waals surface area contributed by atoms with Gasteiger partial charge in [0.25, 0.3) is 5.91 Å². The van der Waals surface area contributed by atoms with Gasteiger partial charge in [-0.05, 0) is 55.0 Å². The Bertz CT molecular complexity index is 1120. The molecule has 5 rings (SSSR count). The summed E-state index contributed by atoms with van der Waals surface area (Å²) >= 11 is 6.61. The third kappa shape index (κ3) is 3.27. The molecule has 3 heterocycles. The zero-order valence-corrected chi connectivity index (χ0v) is 17.1. The second-order valence-corrected chi connectivity index (χ2v) is 8.38. The SMILES string of the molecule is Cc1c(Cc2ccc(-c3cnn(C)c3)nc2)cc2c(c1Cl)OCC1(CC1)NC2=O. The molecule has 0 atom stereocenters. The number of pyridine rings is 1. The molecule has 6 nitrogen and oxygen atoms in total. The number of benzene rings is 1.